The molecule has 0 unspecified atom stereocenters. The maximum Gasteiger partial charge on any atom is 0.227 e. The summed E-state index contributed by atoms with van der Waals surface area (Å²) in [7, 11) is 1.61. The van der Waals surface area contributed by atoms with Crippen molar-refractivity contribution >= 4 is 23.1 Å². The van der Waals surface area contributed by atoms with Crippen molar-refractivity contribution < 1.29 is 9.53 Å². The van der Waals surface area contributed by atoms with Gasteiger partial charge in [0.15, 0.2) is 5.78 Å². The largest absolute Gasteiger partial charge is 0.497 e. The molecule has 7 heteroatoms. The van der Waals surface area contributed by atoms with Crippen LogP contribution < -0.4 is 15.8 Å². The van der Waals surface area contributed by atoms with E-state index in [0.717, 1.165) is 17.0 Å². The van der Waals surface area contributed by atoms with Gasteiger partial charge in [-0.25, -0.2) is 9.97 Å². The second-order valence-corrected chi connectivity index (χ2v) is 6.50. The average Bonchev–Trinajstić information content (AvgIpc) is 2.80. The zero-order valence-electron chi connectivity index (χ0n) is 16.2. The van der Waals surface area contributed by atoms with E-state index in [-0.39, 0.29) is 5.78 Å². The first-order valence-corrected chi connectivity index (χ1v) is 9.23. The second-order valence-electron chi connectivity index (χ2n) is 6.50. The molecule has 148 valence electrons. The van der Waals surface area contributed by atoms with E-state index in [1.54, 1.807) is 49.8 Å². The Kier molecular flexibility index (Phi) is 5.34. The molecule has 0 fully saturated rings. The molecule has 0 radical (unpaired) electrons. The number of methoxy groups -OCH3 is 1. The van der Waals surface area contributed by atoms with E-state index >= 15 is 0 Å². The van der Waals surface area contributed by atoms with Crippen molar-refractivity contribution in [3.05, 3.63) is 90.4 Å². The summed E-state index contributed by atoms with van der Waals surface area (Å²) >= 11 is 0. The van der Waals surface area contributed by atoms with Crippen LogP contribution in [0.15, 0.2) is 79.3 Å². The van der Waals surface area contributed by atoms with Crippen LogP contribution in [0.3, 0.4) is 0 Å². The van der Waals surface area contributed by atoms with Crippen molar-refractivity contribution in [2.24, 2.45) is 0 Å². The van der Waals surface area contributed by atoms with Crippen molar-refractivity contribution in [1.82, 2.24) is 15.0 Å². The number of hydrogen-bond acceptors (Lipinski definition) is 7. The molecule has 0 amide bonds. The lowest BCUT2D eigenvalue weighted by Gasteiger charge is -2.10. The average molecular weight is 397 g/mol. The molecule has 2 heterocycles. The fourth-order valence-electron chi connectivity index (χ4n) is 2.97. The van der Waals surface area contributed by atoms with E-state index in [9.17, 15) is 4.79 Å². The van der Waals surface area contributed by atoms with Crippen LogP contribution >= 0.6 is 0 Å². The van der Waals surface area contributed by atoms with E-state index in [2.05, 4.69) is 20.3 Å². The molecule has 0 aliphatic rings. The number of nitrogens with one attached hydrogen (secondary N) is 1. The number of aromatic nitrogens is 3. The van der Waals surface area contributed by atoms with Crippen LogP contribution in [0.1, 0.15) is 15.9 Å². The van der Waals surface area contributed by atoms with E-state index in [4.69, 9.17) is 10.5 Å². The molecule has 0 saturated heterocycles. The summed E-state index contributed by atoms with van der Waals surface area (Å²) in [6, 6.07) is 18.0. The monoisotopic (exact) mass is 397 g/mol. The molecule has 0 atom stereocenters. The molecule has 0 saturated carbocycles. The number of ketones is 1. The summed E-state index contributed by atoms with van der Waals surface area (Å²) in [5.41, 5.74) is 9.57. The molecular formula is C23H19N5O2. The highest BCUT2D eigenvalue weighted by Gasteiger charge is 2.14. The maximum atomic E-state index is 12.8. The number of ether oxygens (including phenoxy) is 1. The fourth-order valence-corrected chi connectivity index (χ4v) is 2.97. The van der Waals surface area contributed by atoms with Crippen LogP contribution in [-0.2, 0) is 0 Å². The van der Waals surface area contributed by atoms with E-state index in [0.29, 0.717) is 28.5 Å². The minimum atomic E-state index is -0.189. The molecule has 0 bridgehead atoms. The number of nitrogens with two attached hydrogens (primary N) is 1. The Balaban J connectivity index is 1.64. The smallest absolute Gasteiger partial charge is 0.227 e. The first kappa shape index (κ1) is 19.1. The van der Waals surface area contributed by atoms with Gasteiger partial charge in [-0.15, -0.1) is 0 Å². The first-order chi connectivity index (χ1) is 14.6. The van der Waals surface area contributed by atoms with Crippen molar-refractivity contribution in [2.75, 3.05) is 18.2 Å². The number of nitrogens with zero attached hydrogens (tertiary/aromatic N) is 3. The summed E-state index contributed by atoms with van der Waals surface area (Å²) in [6.07, 6.45) is 4.80. The molecule has 3 N–H and O–H groups in total. The molecule has 0 aliphatic heterocycles. The van der Waals surface area contributed by atoms with E-state index < -0.39 is 0 Å². The number of rotatable bonds is 6. The summed E-state index contributed by atoms with van der Waals surface area (Å²) in [6.45, 7) is 0. The van der Waals surface area contributed by atoms with Crippen LogP contribution in [-0.4, -0.2) is 27.8 Å². The molecule has 0 aliphatic carbocycles. The number of carbonyl (C=O) groups is 1. The Morgan fingerprint density at radius 1 is 1.03 bits per heavy atom. The standard InChI is InChI=1S/C23H19N5O2/c1-30-18-6-2-5-17(13-18)27-23-26-11-9-21(28-23)15-7-8-20(24)19(12-15)22(29)16-4-3-10-25-14-16/h2-14H,24H2,1H3,(H,26,27,28). The molecule has 30 heavy (non-hydrogen) atoms. The lowest BCUT2D eigenvalue weighted by molar-refractivity contribution is 0.103. The molecular weight excluding hydrogens is 378 g/mol. The van der Waals surface area contributed by atoms with Crippen molar-refractivity contribution in [1.29, 1.82) is 0 Å². The highest BCUT2D eigenvalue weighted by Crippen LogP contribution is 2.26. The third kappa shape index (κ3) is 4.10. The summed E-state index contributed by atoms with van der Waals surface area (Å²) in [4.78, 5) is 25.7. The van der Waals surface area contributed by atoms with Crippen LogP contribution in [0.2, 0.25) is 0 Å². The maximum absolute atomic E-state index is 12.8. The highest BCUT2D eigenvalue weighted by atomic mass is 16.5. The third-order valence-corrected chi connectivity index (χ3v) is 4.50. The van der Waals surface area contributed by atoms with Gasteiger partial charge in [-0.3, -0.25) is 9.78 Å². The number of hydrogen-bond donors (Lipinski definition) is 2. The number of pyridine rings is 1. The minimum Gasteiger partial charge on any atom is -0.497 e. The van der Waals surface area contributed by atoms with Gasteiger partial charge in [0.1, 0.15) is 5.75 Å². The SMILES string of the molecule is COc1cccc(Nc2nccc(-c3ccc(N)c(C(=O)c4cccnc4)c3)n2)c1. The number of nitrogen functional groups attached to an aromatic ring is 1. The lowest BCUT2D eigenvalue weighted by atomic mass is 9.99. The predicted molar refractivity (Wildman–Crippen MR) is 116 cm³/mol. The molecule has 4 aromatic rings. The third-order valence-electron chi connectivity index (χ3n) is 4.50. The van der Waals surface area contributed by atoms with Gasteiger partial charge in [0, 0.05) is 52.7 Å². The van der Waals surface area contributed by atoms with Crippen LogP contribution in [0.25, 0.3) is 11.3 Å². The van der Waals surface area contributed by atoms with Crippen molar-refractivity contribution in [3.8, 4) is 17.0 Å². The van der Waals surface area contributed by atoms with Crippen molar-refractivity contribution in [2.45, 2.75) is 0 Å². The molecule has 2 aromatic heterocycles. The van der Waals surface area contributed by atoms with Gasteiger partial charge in [-0.2, -0.15) is 0 Å². The van der Waals surface area contributed by atoms with E-state index in [1.807, 2.05) is 30.3 Å². The number of benzene rings is 2. The zero-order valence-corrected chi connectivity index (χ0v) is 16.2. The topological polar surface area (TPSA) is 103 Å². The Hall–Kier alpha value is -4.26. The fraction of sp³-hybridized carbons (Fsp3) is 0.0435. The number of carbonyl (C=O) groups excluding carboxylic acids is 1. The quantitative estimate of drug-likeness (QED) is 0.373. The predicted octanol–water partition coefficient (Wildman–Crippen LogP) is 4.10. The summed E-state index contributed by atoms with van der Waals surface area (Å²) < 4.78 is 5.24. The molecule has 7 nitrogen and oxygen atoms in total. The number of anilines is 3. The van der Waals surface area contributed by atoms with Gasteiger partial charge >= 0.3 is 0 Å². The normalized spacial score (nSPS) is 10.4. The van der Waals surface area contributed by atoms with Crippen molar-refractivity contribution in [3.63, 3.8) is 0 Å². The second kappa shape index (κ2) is 8.40. The van der Waals surface area contributed by atoms with Crippen LogP contribution in [0.5, 0.6) is 5.75 Å². The Bertz CT molecular complexity index is 1200. The Labute approximate surface area is 173 Å². The van der Waals surface area contributed by atoms with E-state index in [1.165, 1.54) is 6.20 Å². The Morgan fingerprint density at radius 2 is 1.93 bits per heavy atom. The van der Waals surface area contributed by atoms with Gasteiger partial charge < -0.3 is 15.8 Å². The summed E-state index contributed by atoms with van der Waals surface area (Å²) in [5.74, 6) is 0.970. The molecule has 4 rings (SSSR count). The Morgan fingerprint density at radius 3 is 2.73 bits per heavy atom. The highest BCUT2D eigenvalue weighted by molar-refractivity contribution is 6.12. The van der Waals surface area contributed by atoms with Gasteiger partial charge in [0.05, 0.1) is 12.8 Å². The minimum absolute atomic E-state index is 0.189. The zero-order chi connectivity index (χ0) is 20.9. The first-order valence-electron chi connectivity index (χ1n) is 9.23. The van der Waals surface area contributed by atoms with Crippen LogP contribution in [0.4, 0.5) is 17.3 Å². The van der Waals surface area contributed by atoms with Gasteiger partial charge in [0.2, 0.25) is 5.95 Å². The van der Waals surface area contributed by atoms with Crippen LogP contribution in [0, 0.1) is 0 Å². The summed E-state index contributed by atoms with van der Waals surface area (Å²) in [5, 5.41) is 3.16. The molecule has 0 spiro atoms. The van der Waals surface area contributed by atoms with Gasteiger partial charge in [-0.1, -0.05) is 12.1 Å². The lowest BCUT2D eigenvalue weighted by Crippen LogP contribution is -2.06. The molecule has 2 aromatic carbocycles. The van der Waals surface area contributed by atoms with Gasteiger partial charge in [-0.05, 0) is 42.5 Å². The van der Waals surface area contributed by atoms with Gasteiger partial charge in [0.25, 0.3) is 0 Å².